The van der Waals surface area contributed by atoms with Crippen LogP contribution in [0.3, 0.4) is 0 Å². The van der Waals surface area contributed by atoms with Crippen LogP contribution in [0.2, 0.25) is 0 Å². The lowest BCUT2D eigenvalue weighted by molar-refractivity contribution is 0.330. The van der Waals surface area contributed by atoms with Gasteiger partial charge in [-0.05, 0) is 38.5 Å². The molecule has 1 saturated carbocycles. The minimum atomic E-state index is 0.658. The number of aromatic nitrogens is 2. The SMILES string of the molecule is CCC1CCC(Nc2cn(C)nc2C)CC1. The van der Waals surface area contributed by atoms with Gasteiger partial charge in [-0.3, -0.25) is 4.68 Å². The summed E-state index contributed by atoms with van der Waals surface area (Å²) in [6.45, 7) is 4.38. The average Bonchev–Trinajstić information content (AvgIpc) is 2.59. The van der Waals surface area contributed by atoms with Gasteiger partial charge in [0.05, 0.1) is 11.4 Å². The van der Waals surface area contributed by atoms with Crippen molar-refractivity contribution in [3.05, 3.63) is 11.9 Å². The Morgan fingerprint density at radius 2 is 2.06 bits per heavy atom. The predicted octanol–water partition coefficient (Wildman–Crippen LogP) is 3.11. The highest BCUT2D eigenvalue weighted by Gasteiger charge is 2.20. The molecule has 0 aromatic carbocycles. The number of aryl methyl sites for hydroxylation is 2. The molecule has 0 bridgehead atoms. The molecule has 0 unspecified atom stereocenters. The van der Waals surface area contributed by atoms with Gasteiger partial charge in [0.2, 0.25) is 0 Å². The predicted molar refractivity (Wildman–Crippen MR) is 67.6 cm³/mol. The van der Waals surface area contributed by atoms with E-state index in [1.54, 1.807) is 0 Å². The van der Waals surface area contributed by atoms with Crippen molar-refractivity contribution in [1.29, 1.82) is 0 Å². The van der Waals surface area contributed by atoms with Crippen LogP contribution in [0.25, 0.3) is 0 Å². The first-order chi connectivity index (χ1) is 7.69. The second kappa shape index (κ2) is 4.89. The highest BCUT2D eigenvalue weighted by Crippen LogP contribution is 2.28. The highest BCUT2D eigenvalue weighted by atomic mass is 15.3. The minimum absolute atomic E-state index is 0.658. The van der Waals surface area contributed by atoms with Crippen LogP contribution in [-0.4, -0.2) is 15.8 Å². The van der Waals surface area contributed by atoms with Gasteiger partial charge in [0.1, 0.15) is 0 Å². The molecule has 0 saturated heterocycles. The molecular weight excluding hydrogens is 198 g/mol. The third-order valence-corrected chi connectivity index (χ3v) is 3.80. The van der Waals surface area contributed by atoms with E-state index < -0.39 is 0 Å². The Labute approximate surface area is 98.2 Å². The van der Waals surface area contributed by atoms with Crippen LogP contribution in [0.15, 0.2) is 6.20 Å². The van der Waals surface area contributed by atoms with Crippen LogP contribution in [0.5, 0.6) is 0 Å². The molecule has 0 amide bonds. The zero-order valence-corrected chi connectivity index (χ0v) is 10.7. The van der Waals surface area contributed by atoms with Gasteiger partial charge in [0, 0.05) is 19.3 Å². The number of anilines is 1. The molecule has 1 aliphatic rings. The molecule has 3 nitrogen and oxygen atoms in total. The van der Waals surface area contributed by atoms with Gasteiger partial charge in [-0.1, -0.05) is 13.3 Å². The molecule has 2 rings (SSSR count). The Hall–Kier alpha value is -0.990. The second-order valence-corrected chi connectivity index (χ2v) is 5.07. The van der Waals surface area contributed by atoms with Crippen LogP contribution in [0.4, 0.5) is 5.69 Å². The third-order valence-electron chi connectivity index (χ3n) is 3.80. The molecule has 1 aromatic rings. The van der Waals surface area contributed by atoms with E-state index in [9.17, 15) is 0 Å². The van der Waals surface area contributed by atoms with E-state index >= 15 is 0 Å². The van der Waals surface area contributed by atoms with E-state index in [0.29, 0.717) is 6.04 Å². The van der Waals surface area contributed by atoms with Crippen molar-refractivity contribution in [2.45, 2.75) is 52.0 Å². The standard InChI is InChI=1S/C13H23N3/c1-4-11-5-7-12(8-6-11)14-13-9-16(3)15-10(13)2/h9,11-12,14H,4-8H2,1-3H3. The fourth-order valence-electron chi connectivity index (χ4n) is 2.68. The number of hydrogen-bond acceptors (Lipinski definition) is 2. The van der Waals surface area contributed by atoms with Gasteiger partial charge in [-0.15, -0.1) is 0 Å². The normalized spacial score (nSPS) is 25.7. The van der Waals surface area contributed by atoms with E-state index in [1.807, 2.05) is 11.7 Å². The summed E-state index contributed by atoms with van der Waals surface area (Å²) >= 11 is 0. The van der Waals surface area contributed by atoms with Crippen molar-refractivity contribution in [2.24, 2.45) is 13.0 Å². The minimum Gasteiger partial charge on any atom is -0.380 e. The molecule has 1 aromatic heterocycles. The topological polar surface area (TPSA) is 29.9 Å². The summed E-state index contributed by atoms with van der Waals surface area (Å²) in [4.78, 5) is 0. The molecule has 1 N–H and O–H groups in total. The lowest BCUT2D eigenvalue weighted by Gasteiger charge is -2.28. The summed E-state index contributed by atoms with van der Waals surface area (Å²) in [5.41, 5.74) is 2.32. The Kier molecular flexibility index (Phi) is 3.52. The van der Waals surface area contributed by atoms with Gasteiger partial charge >= 0.3 is 0 Å². The summed E-state index contributed by atoms with van der Waals surface area (Å²) in [5.74, 6) is 0.966. The molecule has 3 heteroatoms. The van der Waals surface area contributed by atoms with Gasteiger partial charge in [0.15, 0.2) is 0 Å². The molecule has 0 aliphatic heterocycles. The summed E-state index contributed by atoms with van der Waals surface area (Å²) < 4.78 is 1.88. The maximum Gasteiger partial charge on any atom is 0.0825 e. The average molecular weight is 221 g/mol. The molecule has 1 fully saturated rings. The monoisotopic (exact) mass is 221 g/mol. The van der Waals surface area contributed by atoms with Crippen molar-refractivity contribution in [2.75, 3.05) is 5.32 Å². The van der Waals surface area contributed by atoms with E-state index in [-0.39, 0.29) is 0 Å². The zero-order valence-electron chi connectivity index (χ0n) is 10.7. The van der Waals surface area contributed by atoms with Crippen molar-refractivity contribution in [3.63, 3.8) is 0 Å². The lowest BCUT2D eigenvalue weighted by atomic mass is 9.84. The van der Waals surface area contributed by atoms with Gasteiger partial charge < -0.3 is 5.32 Å². The smallest absolute Gasteiger partial charge is 0.0825 e. The van der Waals surface area contributed by atoms with E-state index in [0.717, 1.165) is 11.6 Å². The first-order valence-electron chi connectivity index (χ1n) is 6.45. The van der Waals surface area contributed by atoms with Gasteiger partial charge in [-0.25, -0.2) is 0 Å². The van der Waals surface area contributed by atoms with Crippen LogP contribution < -0.4 is 5.32 Å². The summed E-state index contributed by atoms with van der Waals surface area (Å²) in [6, 6.07) is 0.658. The summed E-state index contributed by atoms with van der Waals surface area (Å²) in [6.07, 6.45) is 8.82. The third kappa shape index (κ3) is 2.57. The highest BCUT2D eigenvalue weighted by molar-refractivity contribution is 5.46. The maximum absolute atomic E-state index is 4.36. The maximum atomic E-state index is 4.36. The Balaban J connectivity index is 1.89. The number of rotatable bonds is 3. The molecule has 1 aliphatic carbocycles. The first kappa shape index (κ1) is 11.5. The van der Waals surface area contributed by atoms with Crippen molar-refractivity contribution < 1.29 is 0 Å². The van der Waals surface area contributed by atoms with E-state index in [4.69, 9.17) is 0 Å². The lowest BCUT2D eigenvalue weighted by Crippen LogP contribution is -2.25. The first-order valence-corrected chi connectivity index (χ1v) is 6.45. The number of nitrogens with one attached hydrogen (secondary N) is 1. The zero-order chi connectivity index (χ0) is 11.5. The molecule has 0 spiro atoms. The Bertz CT molecular complexity index is 335. The summed E-state index contributed by atoms with van der Waals surface area (Å²) in [7, 11) is 1.98. The van der Waals surface area contributed by atoms with Crippen molar-refractivity contribution in [3.8, 4) is 0 Å². The number of hydrogen-bond donors (Lipinski definition) is 1. The largest absolute Gasteiger partial charge is 0.380 e. The quantitative estimate of drug-likeness (QED) is 0.850. The number of nitrogens with zero attached hydrogens (tertiary/aromatic N) is 2. The fraction of sp³-hybridized carbons (Fsp3) is 0.769. The van der Waals surface area contributed by atoms with Crippen LogP contribution in [0.1, 0.15) is 44.7 Å². The molecule has 16 heavy (non-hydrogen) atoms. The molecule has 1 heterocycles. The Morgan fingerprint density at radius 1 is 1.38 bits per heavy atom. The molecule has 90 valence electrons. The van der Waals surface area contributed by atoms with E-state index in [1.165, 1.54) is 37.8 Å². The molecule has 0 radical (unpaired) electrons. The van der Waals surface area contributed by atoms with Crippen molar-refractivity contribution in [1.82, 2.24) is 9.78 Å². The van der Waals surface area contributed by atoms with Crippen molar-refractivity contribution >= 4 is 5.69 Å². The van der Waals surface area contributed by atoms with Crippen LogP contribution in [-0.2, 0) is 7.05 Å². The van der Waals surface area contributed by atoms with E-state index in [2.05, 4.69) is 30.5 Å². The summed E-state index contributed by atoms with van der Waals surface area (Å²) in [5, 5.41) is 7.99. The Morgan fingerprint density at radius 3 is 2.56 bits per heavy atom. The van der Waals surface area contributed by atoms with Gasteiger partial charge in [0.25, 0.3) is 0 Å². The fourth-order valence-corrected chi connectivity index (χ4v) is 2.68. The molecule has 0 atom stereocenters. The second-order valence-electron chi connectivity index (χ2n) is 5.07. The van der Waals surface area contributed by atoms with Gasteiger partial charge in [-0.2, -0.15) is 5.10 Å². The molecular formula is C13H23N3. The van der Waals surface area contributed by atoms with Crippen LogP contribution >= 0.6 is 0 Å². The van der Waals surface area contributed by atoms with Crippen LogP contribution in [0, 0.1) is 12.8 Å².